The SMILES string of the molecule is C=[N+](C)CSc1c(Cl)c(OCCC(C)C)c2c(c1OCCC(C)C)C1=Nc3c4c(OCCC(C)C)c(Cl)c(SCCN(CC)CC)c(OCCC(C)C)c4c4nc5c6c(OCCC(C)C)c(Cl)c(SCC[NH2+]C)c(OCCC(C)C)c6c([n+]-5on34)N=c3[n-]c(c4c(OCCC(C)C)c(SCCN(CC)CC)c(Cl)c(OCCC(C)C)c34)=NC2=N1.[V]. The van der Waals surface area contributed by atoms with Gasteiger partial charge in [-0.3, -0.25) is 0 Å². The largest absolute Gasteiger partial charge is 0.492 e. The van der Waals surface area contributed by atoms with Gasteiger partial charge in [0.15, 0.2) is 29.0 Å². The Balaban J connectivity index is 0.0000164. The molecule has 2 aromatic heterocycles. The Kier molecular flexibility index (Phi) is 38.4. The van der Waals surface area contributed by atoms with Crippen LogP contribution in [-0.2, 0) is 18.6 Å². The van der Waals surface area contributed by atoms with Gasteiger partial charge in [-0.15, -0.1) is 35.3 Å². The second-order valence-electron chi connectivity index (χ2n) is 34.3. The smallest absolute Gasteiger partial charge is 0.286 e. The Bertz CT molecular complexity index is 4980. The minimum absolute atomic E-state index is 0. The Labute approximate surface area is 762 Å². The van der Waals surface area contributed by atoms with Crippen LogP contribution in [0.3, 0.4) is 0 Å². The predicted octanol–water partition coefficient (Wildman–Crippen LogP) is 21.0. The molecule has 21 nitrogen and oxygen atoms in total. The quantitative estimate of drug-likeness (QED) is 0.0124. The molecular formula is C90H132Cl4N12O9S4V+2. The van der Waals surface area contributed by atoms with Crippen LogP contribution in [0, 0.1) is 47.3 Å². The van der Waals surface area contributed by atoms with Crippen molar-refractivity contribution < 1.29 is 75.7 Å². The molecule has 0 fully saturated rings. The normalized spacial score (nSPS) is 12.9. The van der Waals surface area contributed by atoms with Crippen molar-refractivity contribution in [3.05, 3.63) is 42.2 Å². The van der Waals surface area contributed by atoms with Crippen LogP contribution in [0.25, 0.3) is 43.8 Å². The minimum atomic E-state index is 0. The summed E-state index contributed by atoms with van der Waals surface area (Å²) in [4.78, 5) is 43.1. The average molecular weight is 1850 g/mol. The second kappa shape index (κ2) is 46.6. The van der Waals surface area contributed by atoms with E-state index in [1.165, 1.54) is 11.8 Å². The first-order valence-electron chi connectivity index (χ1n) is 43.4. The molecule has 0 saturated carbocycles. The molecule has 6 bridgehead atoms. The number of aliphatic imine (C=N–C) groups is 2. The summed E-state index contributed by atoms with van der Waals surface area (Å²) in [6.07, 6.45) is 5.63. The Morgan fingerprint density at radius 2 is 0.792 bits per heavy atom. The van der Waals surface area contributed by atoms with E-state index in [-0.39, 0.29) is 113 Å². The molecular weight excluding hydrogens is 1710 g/mol. The summed E-state index contributed by atoms with van der Waals surface area (Å²) in [5, 5.41) is 6.44. The van der Waals surface area contributed by atoms with Gasteiger partial charge in [0.2, 0.25) is 5.82 Å². The van der Waals surface area contributed by atoms with Crippen LogP contribution < -0.4 is 63.9 Å². The van der Waals surface area contributed by atoms with Gasteiger partial charge in [-0.2, -0.15) is 9.62 Å². The van der Waals surface area contributed by atoms with Gasteiger partial charge in [-0.25, -0.2) is 9.57 Å². The molecule has 4 aromatic carbocycles. The van der Waals surface area contributed by atoms with E-state index in [0.717, 1.165) is 45.8 Å². The molecule has 0 amide bonds. The van der Waals surface area contributed by atoms with Crippen LogP contribution in [0.5, 0.6) is 46.0 Å². The van der Waals surface area contributed by atoms with E-state index in [1.54, 1.807) is 44.6 Å². The molecule has 2 N–H and O–H groups in total. The number of quaternary nitrogens is 1. The zero-order valence-corrected chi connectivity index (χ0v) is 82.9. The average Bonchev–Trinajstić information content (AvgIpc) is 1.53. The summed E-state index contributed by atoms with van der Waals surface area (Å²) < 4.78 is 71.9. The van der Waals surface area contributed by atoms with E-state index in [9.17, 15) is 0 Å². The third-order valence-electron chi connectivity index (χ3n) is 20.9. The van der Waals surface area contributed by atoms with Gasteiger partial charge in [0, 0.05) is 70.7 Å². The van der Waals surface area contributed by atoms with Crippen molar-refractivity contribution in [1.82, 2.24) is 24.3 Å². The Morgan fingerprint density at radius 1 is 0.442 bits per heavy atom. The van der Waals surface area contributed by atoms with Gasteiger partial charge in [-0.05, 0) is 129 Å². The van der Waals surface area contributed by atoms with E-state index < -0.39 is 0 Å². The minimum Gasteiger partial charge on any atom is -0.492 e. The monoisotopic (exact) mass is 1840 g/mol. The summed E-state index contributed by atoms with van der Waals surface area (Å²) in [6, 6.07) is 0. The number of rotatable bonds is 51. The van der Waals surface area contributed by atoms with E-state index in [4.69, 9.17) is 119 Å². The van der Waals surface area contributed by atoms with Crippen LogP contribution >= 0.6 is 93.5 Å². The van der Waals surface area contributed by atoms with Gasteiger partial charge in [0.25, 0.3) is 11.5 Å². The molecule has 0 spiro atoms. The van der Waals surface area contributed by atoms with Gasteiger partial charge < -0.3 is 68.0 Å². The van der Waals surface area contributed by atoms with Crippen molar-refractivity contribution in [2.75, 3.05) is 136 Å². The fraction of sp³-hybridized carbons (Fsp3) is 0.633. The predicted molar refractivity (Wildman–Crippen MR) is 498 cm³/mol. The maximum absolute atomic E-state index is 8.26. The fourth-order valence-corrected chi connectivity index (χ4v) is 19.2. The number of ether oxygens (including phenoxy) is 8. The number of nitrogens with two attached hydrogens (primary N) is 1. The first-order valence-corrected chi connectivity index (χ1v) is 48.9. The van der Waals surface area contributed by atoms with Crippen molar-refractivity contribution in [3.8, 4) is 51.8 Å². The zero-order valence-electron chi connectivity index (χ0n) is 75.2. The Morgan fingerprint density at radius 3 is 1.23 bits per heavy atom. The first kappa shape index (κ1) is 98.9. The number of fused-ring (bicyclic) bond motifs is 15. The van der Waals surface area contributed by atoms with Crippen molar-refractivity contribution in [2.24, 2.45) is 67.3 Å². The second-order valence-corrected chi connectivity index (χ2v) is 40.1. The summed E-state index contributed by atoms with van der Waals surface area (Å²) >= 11 is 39.1. The first-order chi connectivity index (χ1) is 57.0. The number of thioether (sulfide) groups is 4. The molecule has 0 aliphatic carbocycles. The number of hydrogen-bond acceptors (Lipinski definition) is 20. The molecule has 0 saturated heterocycles. The van der Waals surface area contributed by atoms with Crippen LogP contribution in [0.2, 0.25) is 20.1 Å². The van der Waals surface area contributed by atoms with Gasteiger partial charge >= 0.3 is 0 Å². The number of hydrogen-bond donors (Lipinski definition) is 1. The fourth-order valence-electron chi connectivity index (χ4n) is 13.6. The van der Waals surface area contributed by atoms with Crippen LogP contribution in [0.1, 0.15) is 201 Å². The van der Waals surface area contributed by atoms with Crippen LogP contribution in [0.4, 0.5) is 11.6 Å². The standard InChI is InChI=1S/C90H131Cl4N12O9S4.V/c1-24-103(25-2)37-48-117-79-67(91)72(108-40-29-52(7)8)60-61(75(79)111-43-32-55(13)14)84-96-83-59-62(76(112-44-33-56(15)16)82(119-50-102(22)23)68(92)71(59)107-39-28-51(5)6)86(97-83)100-87-63-66(78(114-46-35-58(19)20)81(118-49-38-104(26-3)27-4)70(94)73(63)109-41-30-53(9)10)90-101-89-64-65(88(99-85(60)98-84)106(89)115-105(87)90)77(113-45-34-57(17)18)80(116-47-36-95-21)69(93)74(64)110-42-31-54(11)12;/h51-58,95H,22,24-50H2,1-21,23H3;/q+1;/p+1. The maximum atomic E-state index is 8.26. The van der Waals surface area contributed by atoms with E-state index in [0.29, 0.717) is 256 Å². The van der Waals surface area contributed by atoms with Crippen molar-refractivity contribution in [1.29, 1.82) is 0 Å². The molecule has 120 heavy (non-hydrogen) atoms. The van der Waals surface area contributed by atoms with Crippen LogP contribution in [-0.4, -0.2) is 178 Å². The molecule has 6 heterocycles. The molecule has 30 heteroatoms. The number of aromatic nitrogens is 4. The Hall–Kier alpha value is -4.87. The molecule has 0 unspecified atom stereocenters. The molecule has 1 radical (unpaired) electrons. The maximum Gasteiger partial charge on any atom is 0.286 e. The number of benzene rings is 4. The number of nitrogens with zero attached hydrogens (tertiary/aromatic N) is 11. The summed E-state index contributed by atoms with van der Waals surface area (Å²) in [6.45, 7) is 56.3. The zero-order chi connectivity index (χ0) is 86.2. The number of amidine groups is 2. The molecule has 10 rings (SSSR count). The van der Waals surface area contributed by atoms with E-state index in [2.05, 4.69) is 167 Å². The van der Waals surface area contributed by atoms with Gasteiger partial charge in [0.05, 0.1) is 114 Å². The third-order valence-corrected chi connectivity index (χ3v) is 27.3. The summed E-state index contributed by atoms with van der Waals surface area (Å²) in [5.41, 5.74) is 1.55. The molecule has 0 atom stereocenters. The molecule has 661 valence electrons. The molecule has 4 aliphatic rings. The third kappa shape index (κ3) is 23.7. The van der Waals surface area contributed by atoms with Crippen LogP contribution in [0.15, 0.2) is 44.2 Å². The van der Waals surface area contributed by atoms with Crippen molar-refractivity contribution >= 4 is 161 Å². The van der Waals surface area contributed by atoms with Crippen molar-refractivity contribution in [2.45, 2.75) is 209 Å². The van der Waals surface area contributed by atoms with E-state index in [1.807, 2.05) is 11.6 Å². The topological polar surface area (TPSA) is 198 Å². The summed E-state index contributed by atoms with van der Waals surface area (Å²) in [5.74, 6) is 8.84. The van der Waals surface area contributed by atoms with Gasteiger partial charge in [0.1, 0.15) is 79.1 Å². The molecule has 4 aliphatic heterocycles. The summed E-state index contributed by atoms with van der Waals surface area (Å²) in [7, 11) is 3.99. The molecule has 6 aromatic rings. The number of halogens is 4. The van der Waals surface area contributed by atoms with Gasteiger partial charge in [-0.1, -0.05) is 206 Å². The van der Waals surface area contributed by atoms with E-state index >= 15 is 0 Å². The van der Waals surface area contributed by atoms with Crippen molar-refractivity contribution in [3.63, 3.8) is 0 Å².